The van der Waals surface area contributed by atoms with E-state index in [1.165, 1.54) is 13.2 Å². The monoisotopic (exact) mass is 421 g/mol. The Morgan fingerprint density at radius 2 is 1.90 bits per heavy atom. The van der Waals surface area contributed by atoms with Gasteiger partial charge in [0.15, 0.2) is 5.78 Å². The van der Waals surface area contributed by atoms with Crippen LogP contribution in [0.1, 0.15) is 30.5 Å². The molecule has 1 heterocycles. The Morgan fingerprint density at radius 3 is 2.58 bits per heavy atom. The Kier molecular flexibility index (Phi) is 5.22. The van der Waals surface area contributed by atoms with Crippen molar-refractivity contribution in [3.8, 4) is 0 Å². The lowest BCUT2D eigenvalue weighted by Gasteiger charge is -2.32. The van der Waals surface area contributed by atoms with E-state index in [1.807, 2.05) is 31.2 Å². The molecule has 4 rings (SSSR count). The van der Waals surface area contributed by atoms with Crippen LogP contribution in [0.4, 0.5) is 17.1 Å². The van der Waals surface area contributed by atoms with Crippen molar-refractivity contribution in [2.75, 3.05) is 17.7 Å². The maximum atomic E-state index is 13.6. The van der Waals surface area contributed by atoms with E-state index in [-0.39, 0.29) is 17.4 Å². The molecule has 0 bridgehead atoms. The number of nitrogens with one attached hydrogen (secondary N) is 2. The third-order valence-corrected chi connectivity index (χ3v) is 5.99. The number of allylic oxidation sites excluding steroid dienone is 1. The standard InChI is InChI=1S/C23H23N3O5/c1-12-8-9-14(11-18(12)26(29)30)21-20-17(24-15-6-4-5-7-16(15)25-21)10-13(2)19(22(20)27)23(28)31-3/h4-9,11,13,19,21,24-25H,10H2,1-3H3/t13-,19-,21-/m1/s1. The summed E-state index contributed by atoms with van der Waals surface area (Å²) < 4.78 is 4.90. The SMILES string of the molecule is COC(=O)[C@H]1C(=O)C2=C(C[C@H]1C)Nc1ccccc1N[C@@H]2c1ccc(C)c([N+](=O)[O-])c1. The second kappa shape index (κ2) is 7.86. The van der Waals surface area contributed by atoms with Crippen LogP contribution >= 0.6 is 0 Å². The predicted molar refractivity (Wildman–Crippen MR) is 116 cm³/mol. The van der Waals surface area contributed by atoms with Gasteiger partial charge in [-0.1, -0.05) is 31.2 Å². The number of ether oxygens (including phenoxy) is 1. The van der Waals surface area contributed by atoms with Crippen LogP contribution in [-0.2, 0) is 14.3 Å². The minimum atomic E-state index is -0.920. The number of rotatable bonds is 3. The van der Waals surface area contributed by atoms with Crippen molar-refractivity contribution in [3.05, 3.63) is 75.0 Å². The summed E-state index contributed by atoms with van der Waals surface area (Å²) in [6, 6.07) is 11.8. The fourth-order valence-corrected chi connectivity index (χ4v) is 4.39. The first-order valence-electron chi connectivity index (χ1n) is 10.0. The Labute approximate surface area is 179 Å². The van der Waals surface area contributed by atoms with Crippen molar-refractivity contribution in [1.82, 2.24) is 0 Å². The molecule has 2 N–H and O–H groups in total. The molecule has 0 unspecified atom stereocenters. The summed E-state index contributed by atoms with van der Waals surface area (Å²) >= 11 is 0. The molecule has 0 aromatic heterocycles. The number of carbonyl (C=O) groups is 2. The number of carbonyl (C=O) groups excluding carboxylic acids is 2. The second-order valence-corrected chi connectivity index (χ2v) is 7.99. The Balaban J connectivity index is 1.90. The molecular formula is C23H23N3O5. The summed E-state index contributed by atoms with van der Waals surface area (Å²) in [5.74, 6) is -2.07. The molecule has 1 aliphatic carbocycles. The van der Waals surface area contributed by atoms with E-state index in [9.17, 15) is 19.7 Å². The summed E-state index contributed by atoms with van der Waals surface area (Å²) in [5.41, 5.74) is 3.77. The zero-order valence-electron chi connectivity index (χ0n) is 17.5. The number of ketones is 1. The number of Topliss-reactive ketones (excluding diaryl/α,β-unsaturated/α-hetero) is 1. The van der Waals surface area contributed by atoms with Crippen LogP contribution in [0.3, 0.4) is 0 Å². The number of esters is 1. The number of nitro benzene ring substituents is 1. The van der Waals surface area contributed by atoms with Gasteiger partial charge in [0.2, 0.25) is 0 Å². The van der Waals surface area contributed by atoms with Crippen LogP contribution in [0.2, 0.25) is 0 Å². The van der Waals surface area contributed by atoms with Gasteiger partial charge in [0.05, 0.1) is 29.4 Å². The van der Waals surface area contributed by atoms with E-state index in [0.717, 1.165) is 11.4 Å². The first kappa shape index (κ1) is 20.6. The summed E-state index contributed by atoms with van der Waals surface area (Å²) in [6.07, 6.45) is 0.474. The maximum absolute atomic E-state index is 13.6. The van der Waals surface area contributed by atoms with Gasteiger partial charge in [0.25, 0.3) is 5.69 Å². The number of hydrogen-bond donors (Lipinski definition) is 2. The third-order valence-electron chi connectivity index (χ3n) is 5.99. The number of anilines is 2. The quantitative estimate of drug-likeness (QED) is 0.332. The molecule has 8 nitrogen and oxygen atoms in total. The van der Waals surface area contributed by atoms with Crippen molar-refractivity contribution < 1.29 is 19.2 Å². The molecule has 160 valence electrons. The van der Waals surface area contributed by atoms with E-state index in [1.54, 1.807) is 19.1 Å². The summed E-state index contributed by atoms with van der Waals surface area (Å²) in [6.45, 7) is 3.52. The van der Waals surface area contributed by atoms with Crippen LogP contribution in [-0.4, -0.2) is 23.8 Å². The topological polar surface area (TPSA) is 111 Å². The van der Waals surface area contributed by atoms with Gasteiger partial charge in [-0.25, -0.2) is 0 Å². The lowest BCUT2D eigenvalue weighted by atomic mass is 9.74. The molecule has 2 aromatic carbocycles. The minimum Gasteiger partial charge on any atom is -0.468 e. The number of para-hydroxylation sites is 2. The van der Waals surface area contributed by atoms with E-state index in [0.29, 0.717) is 28.8 Å². The third kappa shape index (κ3) is 3.54. The molecule has 0 saturated carbocycles. The zero-order valence-corrected chi connectivity index (χ0v) is 17.5. The van der Waals surface area contributed by atoms with E-state index in [2.05, 4.69) is 10.6 Å². The fraction of sp³-hybridized carbons (Fsp3) is 0.304. The smallest absolute Gasteiger partial charge is 0.316 e. The molecule has 31 heavy (non-hydrogen) atoms. The highest BCUT2D eigenvalue weighted by atomic mass is 16.6. The number of nitro groups is 1. The van der Waals surface area contributed by atoms with Gasteiger partial charge in [-0.05, 0) is 37.0 Å². The Bertz CT molecular complexity index is 1120. The lowest BCUT2D eigenvalue weighted by molar-refractivity contribution is -0.385. The molecule has 2 aromatic rings. The van der Waals surface area contributed by atoms with Crippen LogP contribution in [0, 0.1) is 28.9 Å². The molecule has 0 amide bonds. The highest BCUT2D eigenvalue weighted by Crippen LogP contribution is 2.44. The van der Waals surface area contributed by atoms with Gasteiger partial charge in [-0.15, -0.1) is 0 Å². The molecule has 0 radical (unpaired) electrons. The normalized spacial score (nSPS) is 22.4. The van der Waals surface area contributed by atoms with Crippen molar-refractivity contribution in [3.63, 3.8) is 0 Å². The van der Waals surface area contributed by atoms with Crippen molar-refractivity contribution in [1.29, 1.82) is 0 Å². The van der Waals surface area contributed by atoms with Gasteiger partial charge < -0.3 is 15.4 Å². The molecular weight excluding hydrogens is 398 g/mol. The Morgan fingerprint density at radius 1 is 1.19 bits per heavy atom. The van der Waals surface area contributed by atoms with Crippen LogP contribution in [0.25, 0.3) is 0 Å². The molecule has 0 fully saturated rings. The molecule has 3 atom stereocenters. The van der Waals surface area contributed by atoms with E-state index in [4.69, 9.17) is 4.74 Å². The highest BCUT2D eigenvalue weighted by Gasteiger charge is 2.44. The van der Waals surface area contributed by atoms with Gasteiger partial charge in [0.1, 0.15) is 5.92 Å². The minimum absolute atomic E-state index is 0.0203. The number of fused-ring (bicyclic) bond motifs is 1. The molecule has 2 aliphatic rings. The fourth-order valence-electron chi connectivity index (χ4n) is 4.39. The van der Waals surface area contributed by atoms with Gasteiger partial charge in [-0.2, -0.15) is 0 Å². The molecule has 1 aliphatic heterocycles. The van der Waals surface area contributed by atoms with Crippen LogP contribution in [0.15, 0.2) is 53.7 Å². The zero-order chi connectivity index (χ0) is 22.3. The molecule has 0 saturated heterocycles. The maximum Gasteiger partial charge on any atom is 0.316 e. The number of methoxy groups -OCH3 is 1. The lowest BCUT2D eigenvalue weighted by Crippen LogP contribution is -2.39. The van der Waals surface area contributed by atoms with Crippen LogP contribution in [0.5, 0.6) is 0 Å². The van der Waals surface area contributed by atoms with Gasteiger partial charge >= 0.3 is 5.97 Å². The average molecular weight is 421 g/mol. The number of benzene rings is 2. The molecule has 0 spiro atoms. The largest absolute Gasteiger partial charge is 0.468 e. The number of nitrogens with zero attached hydrogens (tertiary/aromatic N) is 1. The average Bonchev–Trinajstić information content (AvgIpc) is 2.90. The highest BCUT2D eigenvalue weighted by molar-refractivity contribution is 6.11. The van der Waals surface area contributed by atoms with Gasteiger partial charge in [0, 0.05) is 22.9 Å². The van der Waals surface area contributed by atoms with E-state index < -0.39 is 22.9 Å². The number of hydrogen-bond acceptors (Lipinski definition) is 7. The molecule has 8 heteroatoms. The number of aryl methyl sites for hydroxylation is 1. The van der Waals surface area contributed by atoms with Crippen molar-refractivity contribution in [2.24, 2.45) is 11.8 Å². The first-order chi connectivity index (χ1) is 14.8. The predicted octanol–water partition coefficient (Wildman–Crippen LogP) is 4.13. The van der Waals surface area contributed by atoms with Crippen LogP contribution < -0.4 is 10.6 Å². The second-order valence-electron chi connectivity index (χ2n) is 7.99. The van der Waals surface area contributed by atoms with E-state index >= 15 is 0 Å². The summed E-state index contributed by atoms with van der Waals surface area (Å²) in [5, 5.41) is 18.3. The summed E-state index contributed by atoms with van der Waals surface area (Å²) in [4.78, 5) is 37.1. The van der Waals surface area contributed by atoms with Crippen molar-refractivity contribution in [2.45, 2.75) is 26.3 Å². The van der Waals surface area contributed by atoms with Crippen molar-refractivity contribution >= 4 is 28.8 Å². The summed E-state index contributed by atoms with van der Waals surface area (Å²) in [7, 11) is 1.27. The Hall–Kier alpha value is -3.68. The van der Waals surface area contributed by atoms with Gasteiger partial charge in [-0.3, -0.25) is 19.7 Å². The first-order valence-corrected chi connectivity index (χ1v) is 10.0.